The number of aromatic hydroxyl groups is 2. The summed E-state index contributed by atoms with van der Waals surface area (Å²) in [7, 11) is 0. The molecule has 5 rings (SSSR count). The number of benzene rings is 2. The van der Waals surface area contributed by atoms with Crippen LogP contribution in [-0.4, -0.2) is 258 Å². The van der Waals surface area contributed by atoms with Crippen molar-refractivity contribution in [3.05, 3.63) is 53.3 Å². The van der Waals surface area contributed by atoms with Gasteiger partial charge in [0.05, 0.1) is 91.0 Å². The molecule has 3 heterocycles. The van der Waals surface area contributed by atoms with Crippen molar-refractivity contribution in [1.29, 1.82) is 0 Å². The Morgan fingerprint density at radius 2 is 1.10 bits per heavy atom. The molecule has 25 heteroatoms. The maximum Gasteiger partial charge on any atom is 0.317 e. The van der Waals surface area contributed by atoms with Gasteiger partial charge in [-0.1, -0.05) is 26.0 Å². The minimum atomic E-state index is -1.03. The number of rotatable bonds is 30. The molecule has 0 saturated carbocycles. The molecule has 2 aliphatic heterocycles. The van der Waals surface area contributed by atoms with Gasteiger partial charge in [0.15, 0.2) is 5.82 Å². The van der Waals surface area contributed by atoms with Crippen LogP contribution in [0.4, 0.5) is 0 Å². The van der Waals surface area contributed by atoms with Crippen LogP contribution in [0.3, 0.4) is 0 Å². The third kappa shape index (κ3) is 21.5. The first-order valence-electron chi connectivity index (χ1n) is 26.8. The number of carboxylic acids is 3. The lowest BCUT2D eigenvalue weighted by Crippen LogP contribution is -2.50. The van der Waals surface area contributed by atoms with Gasteiger partial charge in [-0.2, -0.15) is 0 Å². The van der Waals surface area contributed by atoms with Gasteiger partial charge < -0.3 is 60.0 Å². The number of amides is 3. The van der Waals surface area contributed by atoms with Crippen LogP contribution in [-0.2, 0) is 49.3 Å². The number of hydrogen-bond donors (Lipinski definition) is 7. The standard InChI is InChI=1S/C53H80N10O15/c1-4-54-53(74)52-57-56-51(43-32-42(38(2)3)44(64)33-45(43)65)63(52)41-7-5-39(6-8-41)31-40-9-13-62(14-10-40)47(67)11-23-75-25-27-77-29-30-78-28-26-76-24-12-55-46(66)34-58-15-17-59(35-48(68)69)19-21-61(37-50(72)73)22-20-60(18-16-58)36-49(70)71/h5-8,32-33,38,40,64-65H,4,9-31,34-37H2,1-3H3,(H,54,74)(H,55,66)(H,68,69)(H,70,71)(H,72,73). The molecular formula is C53H80N10O15. The van der Waals surface area contributed by atoms with Crippen molar-refractivity contribution in [2.75, 3.05) is 158 Å². The summed E-state index contributed by atoms with van der Waals surface area (Å²) >= 11 is 0. The molecule has 2 aromatic carbocycles. The Labute approximate surface area is 455 Å². The third-order valence-corrected chi connectivity index (χ3v) is 13.4. The number of nitrogens with one attached hydrogen (secondary N) is 2. The van der Waals surface area contributed by atoms with Crippen LogP contribution in [0.25, 0.3) is 17.1 Å². The van der Waals surface area contributed by atoms with Crippen LogP contribution >= 0.6 is 0 Å². The van der Waals surface area contributed by atoms with E-state index in [9.17, 15) is 54.3 Å². The number of piperidine rings is 1. The highest BCUT2D eigenvalue weighted by atomic mass is 16.6. The third-order valence-electron chi connectivity index (χ3n) is 13.4. The van der Waals surface area contributed by atoms with Crippen LogP contribution in [0.2, 0.25) is 0 Å². The maximum atomic E-state index is 13.1. The highest BCUT2D eigenvalue weighted by Gasteiger charge is 2.27. The van der Waals surface area contributed by atoms with E-state index in [1.807, 2.05) is 54.8 Å². The highest BCUT2D eigenvalue weighted by molar-refractivity contribution is 5.92. The molecule has 0 spiro atoms. The van der Waals surface area contributed by atoms with Crippen molar-refractivity contribution in [2.24, 2.45) is 5.92 Å². The van der Waals surface area contributed by atoms with E-state index >= 15 is 0 Å². The Kier molecular flexibility index (Phi) is 26.6. The summed E-state index contributed by atoms with van der Waals surface area (Å²) in [6.07, 6.45) is 2.84. The summed E-state index contributed by atoms with van der Waals surface area (Å²) in [5, 5.41) is 63.7. The van der Waals surface area contributed by atoms with Gasteiger partial charge in [0, 0.05) is 90.3 Å². The predicted octanol–water partition coefficient (Wildman–Crippen LogP) is 1.05. The van der Waals surface area contributed by atoms with E-state index in [2.05, 4.69) is 20.8 Å². The van der Waals surface area contributed by atoms with Gasteiger partial charge in [0.25, 0.3) is 5.91 Å². The van der Waals surface area contributed by atoms with E-state index in [4.69, 9.17) is 18.9 Å². The number of nitrogens with zero attached hydrogens (tertiary/aromatic N) is 8. The van der Waals surface area contributed by atoms with E-state index < -0.39 is 23.8 Å². The summed E-state index contributed by atoms with van der Waals surface area (Å²) in [5.74, 6) is -3.21. The van der Waals surface area contributed by atoms with E-state index in [0.717, 1.165) is 24.8 Å². The number of carbonyl (C=O) groups excluding carboxylic acids is 3. The molecule has 0 atom stereocenters. The van der Waals surface area contributed by atoms with Crippen LogP contribution < -0.4 is 10.6 Å². The minimum Gasteiger partial charge on any atom is -0.508 e. The lowest BCUT2D eigenvalue weighted by molar-refractivity contribution is -0.140. The van der Waals surface area contributed by atoms with Crippen molar-refractivity contribution in [3.8, 4) is 28.6 Å². The number of aromatic nitrogens is 3. The Hall–Kier alpha value is -6.32. The summed E-state index contributed by atoms with van der Waals surface area (Å²) in [4.78, 5) is 82.2. The molecule has 0 bridgehead atoms. The lowest BCUT2D eigenvalue weighted by atomic mass is 9.90. The first-order chi connectivity index (χ1) is 37.5. The maximum absolute atomic E-state index is 13.1. The summed E-state index contributed by atoms with van der Waals surface area (Å²) in [6, 6.07) is 10.8. The van der Waals surface area contributed by atoms with Gasteiger partial charge in [-0.15, -0.1) is 10.2 Å². The number of carboxylic acid groups (broad SMARTS) is 3. The average Bonchev–Trinajstić information content (AvgIpc) is 3.83. The Morgan fingerprint density at radius 1 is 0.615 bits per heavy atom. The minimum absolute atomic E-state index is 0.0138. The van der Waals surface area contributed by atoms with Gasteiger partial charge in [-0.05, 0) is 67.3 Å². The van der Waals surface area contributed by atoms with Gasteiger partial charge in [0.1, 0.15) is 11.5 Å². The molecule has 3 aromatic rings. The molecule has 0 radical (unpaired) electrons. The molecule has 432 valence electrons. The van der Waals surface area contributed by atoms with Crippen LogP contribution in [0.15, 0.2) is 36.4 Å². The van der Waals surface area contributed by atoms with Crippen LogP contribution in [0.1, 0.15) is 67.7 Å². The van der Waals surface area contributed by atoms with Crippen molar-refractivity contribution in [2.45, 2.75) is 52.4 Å². The first-order valence-corrected chi connectivity index (χ1v) is 26.8. The normalized spacial score (nSPS) is 15.9. The number of phenolic OH excluding ortho intramolecular Hbond substituents is 2. The molecule has 0 aliphatic carbocycles. The topological polar surface area (TPSA) is 311 Å². The fraction of sp³-hybridized carbons (Fsp3) is 0.623. The van der Waals surface area contributed by atoms with Gasteiger partial charge in [0.2, 0.25) is 17.6 Å². The van der Waals surface area contributed by atoms with Gasteiger partial charge in [-0.25, -0.2) is 0 Å². The molecule has 1 aromatic heterocycles. The zero-order valence-corrected chi connectivity index (χ0v) is 45.3. The zero-order valence-electron chi connectivity index (χ0n) is 45.3. The van der Waals surface area contributed by atoms with Crippen molar-refractivity contribution in [3.63, 3.8) is 0 Å². The fourth-order valence-electron chi connectivity index (χ4n) is 9.21. The first kappa shape index (κ1) is 62.5. The molecule has 25 nitrogen and oxygen atoms in total. The second-order valence-corrected chi connectivity index (χ2v) is 19.7. The number of phenols is 2. The van der Waals surface area contributed by atoms with E-state index in [1.165, 1.54) is 6.07 Å². The van der Waals surface area contributed by atoms with E-state index in [-0.39, 0.29) is 99.7 Å². The molecule has 78 heavy (non-hydrogen) atoms. The molecule has 0 unspecified atom stereocenters. The quantitative estimate of drug-likeness (QED) is 0.0459. The van der Waals surface area contributed by atoms with Gasteiger partial charge in [-0.3, -0.25) is 52.9 Å². The summed E-state index contributed by atoms with van der Waals surface area (Å²) < 4.78 is 24.0. The summed E-state index contributed by atoms with van der Waals surface area (Å²) in [6.45, 7) is 12.0. The number of carbonyl (C=O) groups is 6. The van der Waals surface area contributed by atoms with Crippen LogP contribution in [0, 0.1) is 5.92 Å². The Bertz CT molecular complexity index is 2350. The van der Waals surface area contributed by atoms with E-state index in [1.54, 1.807) is 25.3 Å². The molecule has 3 amide bonds. The number of hydrogen-bond acceptors (Lipinski definition) is 18. The number of likely N-dealkylation sites (tertiary alicyclic amines) is 1. The summed E-state index contributed by atoms with van der Waals surface area (Å²) in [5.41, 5.74) is 2.72. The molecule has 2 saturated heterocycles. The largest absolute Gasteiger partial charge is 0.508 e. The smallest absolute Gasteiger partial charge is 0.317 e. The molecule has 7 N–H and O–H groups in total. The van der Waals surface area contributed by atoms with Gasteiger partial charge >= 0.3 is 17.9 Å². The second kappa shape index (κ2) is 33.2. The molecule has 2 fully saturated rings. The van der Waals surface area contributed by atoms with Crippen molar-refractivity contribution < 1.29 is 73.2 Å². The van der Waals surface area contributed by atoms with Crippen molar-refractivity contribution >= 4 is 35.6 Å². The molecular weight excluding hydrogens is 1020 g/mol. The second-order valence-electron chi connectivity index (χ2n) is 19.7. The number of aliphatic carboxylic acids is 3. The zero-order chi connectivity index (χ0) is 56.4. The molecule has 2 aliphatic rings. The van der Waals surface area contributed by atoms with E-state index in [0.29, 0.717) is 128 Å². The lowest BCUT2D eigenvalue weighted by Gasteiger charge is -2.32. The average molecular weight is 1100 g/mol. The number of ether oxygens (including phenoxy) is 4. The fourth-order valence-corrected chi connectivity index (χ4v) is 9.21. The predicted molar refractivity (Wildman–Crippen MR) is 285 cm³/mol. The monoisotopic (exact) mass is 1100 g/mol. The van der Waals surface area contributed by atoms with Crippen molar-refractivity contribution in [1.82, 2.24) is 49.9 Å². The highest BCUT2D eigenvalue weighted by Crippen LogP contribution is 2.38. The van der Waals surface area contributed by atoms with Crippen LogP contribution in [0.5, 0.6) is 11.5 Å². The Morgan fingerprint density at radius 3 is 1.59 bits per heavy atom. The SMILES string of the molecule is CCNC(=O)c1nnc(-c2cc(C(C)C)c(O)cc2O)n1-c1ccc(CC2CCN(C(=O)CCOCCOCCOCCOCCNC(=O)CN3CCN(CC(=O)O)CCN(CC(=O)O)CCN(CC(=O)O)CC3)CC2)cc1. The Balaban J connectivity index is 0.902.